The minimum absolute atomic E-state index is 0.837. The molecule has 1 aromatic carbocycles. The minimum atomic E-state index is 0.837. The normalized spacial score (nSPS) is 11.2. The molecule has 2 aromatic rings. The quantitative estimate of drug-likeness (QED) is 0.786. The molecule has 3 N–H and O–H groups in total. The summed E-state index contributed by atoms with van der Waals surface area (Å²) in [5.74, 6) is 0. The second-order valence-electron chi connectivity index (χ2n) is 2.98. The number of nitrogens with two attached hydrogens (primary N) is 1. The maximum Gasteiger partial charge on any atom is 0.111 e. The van der Waals surface area contributed by atoms with Crippen LogP contribution >= 0.6 is 11.3 Å². The van der Waals surface area contributed by atoms with E-state index in [0.29, 0.717) is 0 Å². The Hall–Kier alpha value is -1.48. The Kier molecular flexibility index (Phi) is 2.41. The number of nitrogen functional groups attached to an aromatic ring is 1. The Morgan fingerprint density at radius 2 is 2.14 bits per heavy atom. The van der Waals surface area contributed by atoms with Crippen molar-refractivity contribution in [3.63, 3.8) is 0 Å². The van der Waals surface area contributed by atoms with Gasteiger partial charge in [0.2, 0.25) is 0 Å². The fraction of sp³-hybridized carbons (Fsp3) is 0.0909. The molecule has 0 fully saturated rings. The van der Waals surface area contributed by atoms with Crippen molar-refractivity contribution in [3.05, 3.63) is 36.5 Å². The molecular weight excluding hydrogens is 192 g/mol. The summed E-state index contributed by atoms with van der Waals surface area (Å²) < 4.78 is 1.22. The van der Waals surface area contributed by atoms with E-state index in [-0.39, 0.29) is 0 Å². The summed E-state index contributed by atoms with van der Waals surface area (Å²) >= 11 is 1.61. The number of rotatable bonds is 2. The van der Waals surface area contributed by atoms with Crippen molar-refractivity contribution in [2.45, 2.75) is 6.92 Å². The number of anilines is 2. The van der Waals surface area contributed by atoms with Crippen molar-refractivity contribution >= 4 is 32.1 Å². The van der Waals surface area contributed by atoms with Crippen molar-refractivity contribution in [1.29, 1.82) is 0 Å². The molecule has 0 aliphatic rings. The molecular formula is C11H12N2S. The van der Waals surface area contributed by atoms with Gasteiger partial charge in [0.1, 0.15) is 5.00 Å². The zero-order chi connectivity index (χ0) is 9.97. The summed E-state index contributed by atoms with van der Waals surface area (Å²) in [6.45, 7) is 1.97. The largest absolute Gasteiger partial charge is 0.389 e. The van der Waals surface area contributed by atoms with Crippen LogP contribution in [0.3, 0.4) is 0 Å². The molecule has 0 bridgehead atoms. The molecule has 1 heterocycles. The van der Waals surface area contributed by atoms with Gasteiger partial charge in [-0.25, -0.2) is 0 Å². The summed E-state index contributed by atoms with van der Waals surface area (Å²) in [4.78, 5) is 0. The van der Waals surface area contributed by atoms with Crippen molar-refractivity contribution in [2.75, 3.05) is 11.1 Å². The Bertz CT molecular complexity index is 471. The van der Waals surface area contributed by atoms with Crippen molar-refractivity contribution < 1.29 is 0 Å². The first-order valence-electron chi connectivity index (χ1n) is 4.47. The molecule has 0 aliphatic heterocycles. The molecule has 3 heteroatoms. The molecule has 0 radical (unpaired) electrons. The molecule has 0 atom stereocenters. The van der Waals surface area contributed by atoms with E-state index in [9.17, 15) is 0 Å². The van der Waals surface area contributed by atoms with Gasteiger partial charge in [0.05, 0.1) is 5.69 Å². The summed E-state index contributed by atoms with van der Waals surface area (Å²) in [6, 6.07) is 8.21. The second kappa shape index (κ2) is 3.72. The lowest BCUT2D eigenvalue weighted by atomic mass is 10.2. The molecule has 72 valence electrons. The van der Waals surface area contributed by atoms with Crippen LogP contribution in [0.15, 0.2) is 36.5 Å². The topological polar surface area (TPSA) is 38.0 Å². The van der Waals surface area contributed by atoms with Crippen LogP contribution in [0.5, 0.6) is 0 Å². The van der Waals surface area contributed by atoms with Gasteiger partial charge in [-0.1, -0.05) is 24.3 Å². The monoisotopic (exact) mass is 204 g/mol. The third kappa shape index (κ3) is 1.46. The van der Waals surface area contributed by atoms with E-state index >= 15 is 0 Å². The lowest BCUT2D eigenvalue weighted by molar-refractivity contribution is 1.61. The van der Waals surface area contributed by atoms with Crippen LogP contribution in [-0.2, 0) is 0 Å². The van der Waals surface area contributed by atoms with Gasteiger partial charge in [0.25, 0.3) is 0 Å². The van der Waals surface area contributed by atoms with Crippen molar-refractivity contribution in [1.82, 2.24) is 0 Å². The predicted molar refractivity (Wildman–Crippen MR) is 64.7 cm³/mol. The van der Waals surface area contributed by atoms with E-state index < -0.39 is 0 Å². The molecule has 14 heavy (non-hydrogen) atoms. The van der Waals surface area contributed by atoms with Crippen LogP contribution in [0.2, 0.25) is 0 Å². The maximum absolute atomic E-state index is 5.92. The molecule has 0 saturated heterocycles. The molecule has 2 rings (SSSR count). The van der Waals surface area contributed by atoms with E-state index in [2.05, 4.69) is 17.4 Å². The SMILES string of the molecule is C/C=C/Nc1c(N)sc2ccccc12. The number of hydrogen-bond acceptors (Lipinski definition) is 3. The molecule has 2 nitrogen and oxygen atoms in total. The maximum atomic E-state index is 5.92. The fourth-order valence-corrected chi connectivity index (χ4v) is 2.31. The Morgan fingerprint density at radius 1 is 1.36 bits per heavy atom. The van der Waals surface area contributed by atoms with Crippen LogP contribution in [0, 0.1) is 0 Å². The summed E-state index contributed by atoms with van der Waals surface area (Å²) in [6.07, 6.45) is 3.84. The van der Waals surface area contributed by atoms with Crippen LogP contribution < -0.4 is 11.1 Å². The first kappa shape index (κ1) is 9.09. The first-order chi connectivity index (χ1) is 6.83. The van der Waals surface area contributed by atoms with E-state index in [0.717, 1.165) is 10.7 Å². The van der Waals surface area contributed by atoms with Gasteiger partial charge in [-0.2, -0.15) is 0 Å². The third-order valence-electron chi connectivity index (χ3n) is 2.02. The molecule has 0 aliphatic carbocycles. The lowest BCUT2D eigenvalue weighted by Gasteiger charge is -1.99. The molecule has 0 amide bonds. The number of nitrogens with one attached hydrogen (secondary N) is 1. The van der Waals surface area contributed by atoms with Crippen LogP contribution in [-0.4, -0.2) is 0 Å². The first-order valence-corrected chi connectivity index (χ1v) is 5.29. The van der Waals surface area contributed by atoms with Crippen molar-refractivity contribution in [2.24, 2.45) is 0 Å². The van der Waals surface area contributed by atoms with E-state index in [1.54, 1.807) is 11.3 Å². The zero-order valence-electron chi connectivity index (χ0n) is 7.95. The number of hydrogen-bond donors (Lipinski definition) is 2. The van der Waals surface area contributed by atoms with E-state index in [1.807, 2.05) is 31.3 Å². The van der Waals surface area contributed by atoms with Gasteiger partial charge in [-0.3, -0.25) is 0 Å². The number of benzene rings is 1. The molecule has 0 spiro atoms. The number of fused-ring (bicyclic) bond motifs is 1. The Labute approximate surface area is 87.0 Å². The average Bonchev–Trinajstić information content (AvgIpc) is 2.51. The van der Waals surface area contributed by atoms with Crippen LogP contribution in [0.4, 0.5) is 10.7 Å². The zero-order valence-corrected chi connectivity index (χ0v) is 8.77. The Balaban J connectivity index is 2.56. The van der Waals surface area contributed by atoms with Gasteiger partial charge >= 0.3 is 0 Å². The second-order valence-corrected chi connectivity index (χ2v) is 4.07. The van der Waals surface area contributed by atoms with Gasteiger partial charge in [0.15, 0.2) is 0 Å². The van der Waals surface area contributed by atoms with Gasteiger partial charge < -0.3 is 11.1 Å². The predicted octanol–water partition coefficient (Wildman–Crippen LogP) is 3.43. The van der Waals surface area contributed by atoms with Gasteiger partial charge in [0, 0.05) is 10.1 Å². The lowest BCUT2D eigenvalue weighted by Crippen LogP contribution is -1.89. The van der Waals surface area contributed by atoms with E-state index in [1.165, 1.54) is 10.1 Å². The van der Waals surface area contributed by atoms with Crippen LogP contribution in [0.1, 0.15) is 6.92 Å². The summed E-state index contributed by atoms with van der Waals surface area (Å²) in [5, 5.41) is 5.22. The Morgan fingerprint density at radius 3 is 2.93 bits per heavy atom. The summed E-state index contributed by atoms with van der Waals surface area (Å²) in [5.41, 5.74) is 6.93. The average molecular weight is 204 g/mol. The molecule has 0 unspecified atom stereocenters. The third-order valence-corrected chi connectivity index (χ3v) is 3.02. The van der Waals surface area contributed by atoms with Crippen LogP contribution in [0.25, 0.3) is 10.1 Å². The molecule has 0 saturated carbocycles. The highest BCUT2D eigenvalue weighted by Gasteiger charge is 2.06. The highest BCUT2D eigenvalue weighted by Crippen LogP contribution is 2.37. The summed E-state index contributed by atoms with van der Waals surface area (Å²) in [7, 11) is 0. The fourth-order valence-electron chi connectivity index (χ4n) is 1.38. The highest BCUT2D eigenvalue weighted by molar-refractivity contribution is 7.23. The number of allylic oxidation sites excluding steroid dienone is 1. The van der Waals surface area contributed by atoms with Crippen molar-refractivity contribution in [3.8, 4) is 0 Å². The van der Waals surface area contributed by atoms with Gasteiger partial charge in [-0.15, -0.1) is 11.3 Å². The molecule has 1 aromatic heterocycles. The van der Waals surface area contributed by atoms with E-state index in [4.69, 9.17) is 5.73 Å². The highest BCUT2D eigenvalue weighted by atomic mass is 32.1. The standard InChI is InChI=1S/C11H12N2S/c1-2-7-13-10-8-5-3-4-6-9(8)14-11(10)12/h2-7,13H,12H2,1H3/b7-2+. The minimum Gasteiger partial charge on any atom is -0.389 e. The number of thiophene rings is 1. The van der Waals surface area contributed by atoms with Gasteiger partial charge in [-0.05, 0) is 19.2 Å². The smallest absolute Gasteiger partial charge is 0.111 e.